The molecule has 0 spiro atoms. The highest BCUT2D eigenvalue weighted by Gasteiger charge is 2.25. The van der Waals surface area contributed by atoms with Crippen LogP contribution in [0.15, 0.2) is 64.0 Å². The number of halogens is 2. The molecule has 0 unspecified atom stereocenters. The minimum absolute atomic E-state index is 0.0346. The van der Waals surface area contributed by atoms with Gasteiger partial charge in [-0.3, -0.25) is 0 Å². The van der Waals surface area contributed by atoms with Gasteiger partial charge in [-0.05, 0) is 25.0 Å². The van der Waals surface area contributed by atoms with Crippen molar-refractivity contribution < 1.29 is 18.4 Å². The van der Waals surface area contributed by atoms with E-state index in [1.54, 1.807) is 37.4 Å². The van der Waals surface area contributed by atoms with Crippen molar-refractivity contribution in [3.8, 4) is 5.88 Å². The number of alkyl halides is 2. The predicted molar refractivity (Wildman–Crippen MR) is 107 cm³/mol. The molecule has 1 heterocycles. The van der Waals surface area contributed by atoms with Gasteiger partial charge >= 0.3 is 0 Å². The van der Waals surface area contributed by atoms with Gasteiger partial charge in [-0.2, -0.15) is 5.10 Å². The van der Waals surface area contributed by atoms with Crippen molar-refractivity contribution in [2.24, 2.45) is 21.9 Å². The molecule has 0 saturated heterocycles. The van der Waals surface area contributed by atoms with Gasteiger partial charge in [-0.25, -0.2) is 19.6 Å². The number of rotatable bonds is 8. The van der Waals surface area contributed by atoms with Crippen LogP contribution >= 0.6 is 0 Å². The molecule has 1 aliphatic rings. The van der Waals surface area contributed by atoms with Gasteiger partial charge < -0.3 is 20.8 Å². The Morgan fingerprint density at radius 1 is 1.34 bits per heavy atom. The van der Waals surface area contributed by atoms with E-state index in [9.17, 15) is 8.78 Å². The van der Waals surface area contributed by atoms with Crippen LogP contribution in [0.3, 0.4) is 0 Å². The molecule has 0 atom stereocenters. The first-order chi connectivity index (χ1) is 13.8. The van der Waals surface area contributed by atoms with E-state index in [4.69, 9.17) is 21.3 Å². The highest BCUT2D eigenvalue weighted by molar-refractivity contribution is 5.98. The zero-order valence-electron chi connectivity index (χ0n) is 16.2. The molecule has 5 N–H and O–H groups in total. The van der Waals surface area contributed by atoms with E-state index in [2.05, 4.69) is 20.7 Å². The number of nitrogens with two attached hydrogens (primary N) is 2. The van der Waals surface area contributed by atoms with E-state index < -0.39 is 5.92 Å². The molecule has 10 heteroatoms. The SMILES string of the molecule is C/C(=N\OCC1=CC=C(C(C)(F)F)C=CC1)c1ccc(OCC(=NN)NN)nc1. The van der Waals surface area contributed by atoms with Crippen LogP contribution in [-0.2, 0) is 4.84 Å². The molecule has 156 valence electrons. The lowest BCUT2D eigenvalue weighted by Gasteiger charge is -2.09. The molecule has 1 aromatic rings. The minimum atomic E-state index is -2.87. The molecule has 0 fully saturated rings. The van der Waals surface area contributed by atoms with Gasteiger partial charge in [-0.15, -0.1) is 0 Å². The number of hydrogen-bond acceptors (Lipinski definition) is 7. The van der Waals surface area contributed by atoms with Gasteiger partial charge in [0.25, 0.3) is 5.92 Å². The van der Waals surface area contributed by atoms with Gasteiger partial charge in [0, 0.05) is 30.3 Å². The van der Waals surface area contributed by atoms with E-state index in [0.29, 0.717) is 18.0 Å². The third kappa shape index (κ3) is 7.00. The van der Waals surface area contributed by atoms with Gasteiger partial charge in [0.2, 0.25) is 5.88 Å². The van der Waals surface area contributed by atoms with Crippen molar-refractivity contribution in [2.75, 3.05) is 13.2 Å². The average Bonchev–Trinajstić information content (AvgIpc) is 2.95. The zero-order valence-corrected chi connectivity index (χ0v) is 16.2. The van der Waals surface area contributed by atoms with Crippen molar-refractivity contribution in [2.45, 2.75) is 26.2 Å². The van der Waals surface area contributed by atoms with Crippen molar-refractivity contribution in [1.29, 1.82) is 0 Å². The molecule has 0 aromatic carbocycles. The molecule has 0 aliphatic heterocycles. The fourth-order valence-electron chi connectivity index (χ4n) is 2.27. The quantitative estimate of drug-likeness (QED) is 0.264. The van der Waals surface area contributed by atoms with Crippen molar-refractivity contribution in [3.63, 3.8) is 0 Å². The summed E-state index contributed by atoms with van der Waals surface area (Å²) in [5.74, 6) is 8.09. The van der Waals surface area contributed by atoms with Crippen LogP contribution < -0.4 is 21.8 Å². The number of nitrogens with zero attached hydrogens (tertiary/aromatic N) is 3. The Morgan fingerprint density at radius 3 is 2.76 bits per heavy atom. The Morgan fingerprint density at radius 2 is 2.14 bits per heavy atom. The molecule has 8 nitrogen and oxygen atoms in total. The number of oxime groups is 1. The van der Waals surface area contributed by atoms with E-state index in [0.717, 1.165) is 18.1 Å². The third-order valence-corrected chi connectivity index (χ3v) is 3.97. The zero-order chi connectivity index (χ0) is 21.3. The standard InChI is InChI=1S/C19H24F2N6O2/c1-13(15-7-9-18(24-10-15)28-12-17(25-22)26-23)27-29-11-14-4-3-5-16(8-6-14)19(2,20)21/h3,5-10H,4,11-12,22-23H2,1-2H3,(H,25,26)/b27-13+. The van der Waals surface area contributed by atoms with Crippen molar-refractivity contribution in [1.82, 2.24) is 10.4 Å². The van der Waals surface area contributed by atoms with Gasteiger partial charge in [0.15, 0.2) is 12.4 Å². The lowest BCUT2D eigenvalue weighted by Crippen LogP contribution is -2.35. The van der Waals surface area contributed by atoms with Crippen LogP contribution in [-0.4, -0.2) is 35.7 Å². The monoisotopic (exact) mass is 406 g/mol. The number of hydrazine groups is 1. The number of amidine groups is 1. The number of hydrazone groups is 1. The second-order valence-corrected chi connectivity index (χ2v) is 6.29. The van der Waals surface area contributed by atoms with Gasteiger partial charge in [-0.1, -0.05) is 29.5 Å². The Hall–Kier alpha value is -3.27. The number of aromatic nitrogens is 1. The van der Waals surface area contributed by atoms with Crippen LogP contribution in [0.5, 0.6) is 5.88 Å². The number of pyridine rings is 1. The summed E-state index contributed by atoms with van der Waals surface area (Å²) in [7, 11) is 0. The third-order valence-electron chi connectivity index (χ3n) is 3.97. The second-order valence-electron chi connectivity index (χ2n) is 6.29. The van der Waals surface area contributed by atoms with Crippen LogP contribution in [0.4, 0.5) is 8.78 Å². The fourth-order valence-corrected chi connectivity index (χ4v) is 2.27. The summed E-state index contributed by atoms with van der Waals surface area (Å²) in [6, 6.07) is 3.43. The van der Waals surface area contributed by atoms with E-state index in [1.807, 2.05) is 0 Å². The van der Waals surface area contributed by atoms with Crippen molar-refractivity contribution >= 4 is 11.5 Å². The average molecular weight is 406 g/mol. The molecule has 0 radical (unpaired) electrons. The topological polar surface area (TPSA) is 120 Å². The first kappa shape index (κ1) is 22.0. The lowest BCUT2D eigenvalue weighted by atomic mass is 10.1. The highest BCUT2D eigenvalue weighted by Crippen LogP contribution is 2.26. The van der Waals surface area contributed by atoms with Gasteiger partial charge in [0.05, 0.1) is 5.71 Å². The summed E-state index contributed by atoms with van der Waals surface area (Å²) in [6.45, 7) is 2.89. The molecule has 0 bridgehead atoms. The smallest absolute Gasteiger partial charge is 0.270 e. The Balaban J connectivity index is 1.91. The predicted octanol–water partition coefficient (Wildman–Crippen LogP) is 2.40. The Labute approximate surface area is 167 Å². The summed E-state index contributed by atoms with van der Waals surface area (Å²) in [6.07, 6.45) is 8.26. The Bertz CT molecular complexity index is 839. The van der Waals surface area contributed by atoms with Crippen LogP contribution in [0.2, 0.25) is 0 Å². The fraction of sp³-hybridized carbons (Fsp3) is 0.316. The summed E-state index contributed by atoms with van der Waals surface area (Å²) in [5.41, 5.74) is 4.46. The Kier molecular flexibility index (Phi) is 7.84. The molecule has 1 aromatic heterocycles. The van der Waals surface area contributed by atoms with Crippen LogP contribution in [0.25, 0.3) is 0 Å². The first-order valence-electron chi connectivity index (χ1n) is 8.77. The molecular formula is C19H24F2N6O2. The van der Waals surface area contributed by atoms with E-state index in [1.165, 1.54) is 12.2 Å². The van der Waals surface area contributed by atoms with Crippen LogP contribution in [0, 0.1) is 0 Å². The maximum Gasteiger partial charge on any atom is 0.270 e. The van der Waals surface area contributed by atoms with Crippen LogP contribution in [0.1, 0.15) is 25.8 Å². The number of nitrogens with one attached hydrogen (secondary N) is 1. The molecule has 0 amide bonds. The van der Waals surface area contributed by atoms with Crippen molar-refractivity contribution in [3.05, 3.63) is 59.3 Å². The minimum Gasteiger partial charge on any atom is -0.469 e. The lowest BCUT2D eigenvalue weighted by molar-refractivity contribution is 0.0675. The summed E-state index contributed by atoms with van der Waals surface area (Å²) < 4.78 is 32.1. The molecule has 29 heavy (non-hydrogen) atoms. The summed E-state index contributed by atoms with van der Waals surface area (Å²) >= 11 is 0. The maximum atomic E-state index is 13.4. The number of allylic oxidation sites excluding steroid dienone is 5. The number of hydrogen-bond donors (Lipinski definition) is 3. The highest BCUT2D eigenvalue weighted by atomic mass is 19.3. The molecule has 2 rings (SSSR count). The molecule has 1 aliphatic carbocycles. The maximum absolute atomic E-state index is 13.4. The molecular weight excluding hydrogens is 382 g/mol. The van der Waals surface area contributed by atoms with Gasteiger partial charge in [0.1, 0.15) is 6.61 Å². The van der Waals surface area contributed by atoms with E-state index >= 15 is 0 Å². The van der Waals surface area contributed by atoms with E-state index in [-0.39, 0.29) is 24.6 Å². The second kappa shape index (κ2) is 10.3. The summed E-state index contributed by atoms with van der Waals surface area (Å²) in [5, 5.41) is 7.46. The normalized spacial score (nSPS) is 15.3. The first-order valence-corrected chi connectivity index (χ1v) is 8.77. The largest absolute Gasteiger partial charge is 0.469 e. The number of ether oxygens (including phenoxy) is 1. The summed E-state index contributed by atoms with van der Waals surface area (Å²) in [4.78, 5) is 9.52. The molecule has 0 saturated carbocycles.